The van der Waals surface area contributed by atoms with Crippen molar-refractivity contribution in [3.8, 4) is 0 Å². The van der Waals surface area contributed by atoms with Crippen molar-refractivity contribution in [1.29, 1.82) is 0 Å². The third-order valence-electron chi connectivity index (χ3n) is 2.01. The molecule has 0 spiro atoms. The molecule has 2 aromatic heterocycles. The standard InChI is InChI=1S/C9H10N4O2/c1-5-6(2-3-15-5)9(14)12-8-7(10)4-11-13-8/h2-4H,10H2,1H3,(H2,11,12,13,14). The number of anilines is 2. The number of hydrogen-bond acceptors (Lipinski definition) is 4. The molecule has 0 atom stereocenters. The van der Waals surface area contributed by atoms with Crippen LogP contribution in [0.15, 0.2) is 22.9 Å². The van der Waals surface area contributed by atoms with Gasteiger partial charge in [-0.15, -0.1) is 0 Å². The van der Waals surface area contributed by atoms with Gasteiger partial charge in [0.05, 0.1) is 23.7 Å². The van der Waals surface area contributed by atoms with Crippen molar-refractivity contribution in [3.63, 3.8) is 0 Å². The minimum Gasteiger partial charge on any atom is -0.469 e. The van der Waals surface area contributed by atoms with Crippen molar-refractivity contribution >= 4 is 17.4 Å². The number of carbonyl (C=O) groups excluding carboxylic acids is 1. The molecule has 0 aliphatic rings. The molecule has 15 heavy (non-hydrogen) atoms. The lowest BCUT2D eigenvalue weighted by Gasteiger charge is -2.01. The van der Waals surface area contributed by atoms with Crippen molar-refractivity contribution in [1.82, 2.24) is 10.2 Å². The van der Waals surface area contributed by atoms with Gasteiger partial charge in [0.2, 0.25) is 0 Å². The molecule has 0 bridgehead atoms. The zero-order valence-electron chi connectivity index (χ0n) is 8.07. The molecule has 2 aromatic rings. The molecule has 4 N–H and O–H groups in total. The van der Waals surface area contributed by atoms with Gasteiger partial charge in [-0.25, -0.2) is 0 Å². The van der Waals surface area contributed by atoms with Crippen LogP contribution >= 0.6 is 0 Å². The minimum absolute atomic E-state index is 0.280. The Morgan fingerprint density at radius 2 is 2.47 bits per heavy atom. The third-order valence-corrected chi connectivity index (χ3v) is 2.01. The summed E-state index contributed by atoms with van der Waals surface area (Å²) in [5.74, 6) is 0.670. The second kappa shape index (κ2) is 3.49. The van der Waals surface area contributed by atoms with Crippen LogP contribution in [0.3, 0.4) is 0 Å². The van der Waals surface area contributed by atoms with Crippen molar-refractivity contribution in [2.75, 3.05) is 11.1 Å². The fraction of sp³-hybridized carbons (Fsp3) is 0.111. The monoisotopic (exact) mass is 206 g/mol. The molecule has 0 aromatic carbocycles. The molecular weight excluding hydrogens is 196 g/mol. The lowest BCUT2D eigenvalue weighted by molar-refractivity contribution is 0.102. The number of nitrogens with one attached hydrogen (secondary N) is 2. The van der Waals surface area contributed by atoms with Crippen molar-refractivity contribution in [3.05, 3.63) is 29.9 Å². The summed E-state index contributed by atoms with van der Waals surface area (Å²) in [7, 11) is 0. The van der Waals surface area contributed by atoms with Gasteiger partial charge < -0.3 is 15.5 Å². The second-order valence-electron chi connectivity index (χ2n) is 3.04. The van der Waals surface area contributed by atoms with E-state index in [-0.39, 0.29) is 5.91 Å². The van der Waals surface area contributed by atoms with Crippen LogP contribution in [0.1, 0.15) is 16.1 Å². The van der Waals surface area contributed by atoms with E-state index in [4.69, 9.17) is 10.2 Å². The van der Waals surface area contributed by atoms with E-state index in [2.05, 4.69) is 15.5 Å². The van der Waals surface area contributed by atoms with Crippen LogP contribution in [-0.2, 0) is 0 Å². The normalized spacial score (nSPS) is 10.2. The molecule has 0 aliphatic heterocycles. The van der Waals surface area contributed by atoms with E-state index in [9.17, 15) is 4.79 Å². The number of carbonyl (C=O) groups is 1. The first kappa shape index (κ1) is 9.32. The quantitative estimate of drug-likeness (QED) is 0.686. The number of aromatic amines is 1. The number of H-pyrrole nitrogens is 1. The highest BCUT2D eigenvalue weighted by molar-refractivity contribution is 6.05. The molecule has 0 saturated heterocycles. The number of nitrogens with two attached hydrogens (primary N) is 1. The number of rotatable bonds is 2. The van der Waals surface area contributed by atoms with E-state index in [1.54, 1.807) is 13.0 Å². The Labute approximate surface area is 85.5 Å². The van der Waals surface area contributed by atoms with E-state index >= 15 is 0 Å². The lowest BCUT2D eigenvalue weighted by atomic mass is 10.2. The Balaban J connectivity index is 2.18. The molecule has 6 nitrogen and oxygen atoms in total. The predicted octanol–water partition coefficient (Wildman–Crippen LogP) is 1.15. The van der Waals surface area contributed by atoms with E-state index in [1.807, 2.05) is 0 Å². The average molecular weight is 206 g/mol. The molecule has 78 valence electrons. The largest absolute Gasteiger partial charge is 0.469 e. The van der Waals surface area contributed by atoms with Gasteiger partial charge in [0.15, 0.2) is 5.82 Å². The number of aryl methyl sites for hydroxylation is 1. The van der Waals surface area contributed by atoms with Crippen LogP contribution in [0.25, 0.3) is 0 Å². The second-order valence-corrected chi connectivity index (χ2v) is 3.04. The van der Waals surface area contributed by atoms with Crippen LogP contribution in [0.2, 0.25) is 0 Å². The number of hydrogen-bond donors (Lipinski definition) is 3. The maximum Gasteiger partial charge on any atom is 0.260 e. The van der Waals surface area contributed by atoms with Gasteiger partial charge in [-0.2, -0.15) is 5.10 Å². The zero-order chi connectivity index (χ0) is 10.8. The number of amides is 1. The van der Waals surface area contributed by atoms with Crippen LogP contribution in [-0.4, -0.2) is 16.1 Å². The molecule has 0 fully saturated rings. The summed E-state index contributed by atoms with van der Waals surface area (Å²) in [6, 6.07) is 1.59. The van der Waals surface area contributed by atoms with Gasteiger partial charge in [0.25, 0.3) is 5.91 Å². The summed E-state index contributed by atoms with van der Waals surface area (Å²) in [6.07, 6.45) is 2.89. The van der Waals surface area contributed by atoms with Crippen LogP contribution in [0, 0.1) is 6.92 Å². The van der Waals surface area contributed by atoms with Gasteiger partial charge in [-0.3, -0.25) is 9.89 Å². The summed E-state index contributed by atoms with van der Waals surface area (Å²) in [5.41, 5.74) is 6.42. The molecule has 6 heteroatoms. The predicted molar refractivity (Wildman–Crippen MR) is 54.4 cm³/mol. The molecule has 2 rings (SSSR count). The summed E-state index contributed by atoms with van der Waals surface area (Å²) in [4.78, 5) is 11.7. The number of nitrogens with zero attached hydrogens (tertiary/aromatic N) is 1. The van der Waals surface area contributed by atoms with E-state index < -0.39 is 0 Å². The minimum atomic E-state index is -0.280. The number of nitrogen functional groups attached to an aromatic ring is 1. The zero-order valence-corrected chi connectivity index (χ0v) is 8.07. The molecule has 2 heterocycles. The highest BCUT2D eigenvalue weighted by Crippen LogP contribution is 2.15. The van der Waals surface area contributed by atoms with Gasteiger partial charge >= 0.3 is 0 Å². The Morgan fingerprint density at radius 1 is 1.67 bits per heavy atom. The fourth-order valence-corrected chi connectivity index (χ4v) is 1.20. The highest BCUT2D eigenvalue weighted by atomic mass is 16.3. The Morgan fingerprint density at radius 3 is 3.00 bits per heavy atom. The maximum absolute atomic E-state index is 11.7. The van der Waals surface area contributed by atoms with Gasteiger partial charge in [0, 0.05) is 0 Å². The Hall–Kier alpha value is -2.24. The molecule has 0 unspecified atom stereocenters. The smallest absolute Gasteiger partial charge is 0.260 e. The fourth-order valence-electron chi connectivity index (χ4n) is 1.20. The summed E-state index contributed by atoms with van der Waals surface area (Å²) < 4.78 is 5.02. The van der Waals surface area contributed by atoms with E-state index in [1.165, 1.54) is 12.5 Å². The van der Waals surface area contributed by atoms with Gasteiger partial charge in [0.1, 0.15) is 5.76 Å². The number of furan rings is 1. The summed E-state index contributed by atoms with van der Waals surface area (Å²) in [6.45, 7) is 1.71. The SMILES string of the molecule is Cc1occc1C(=O)Nc1[nH]ncc1N. The van der Waals surface area contributed by atoms with Crippen molar-refractivity contribution < 1.29 is 9.21 Å². The van der Waals surface area contributed by atoms with Crippen LogP contribution < -0.4 is 11.1 Å². The first-order chi connectivity index (χ1) is 7.18. The average Bonchev–Trinajstić information content (AvgIpc) is 2.76. The molecular formula is C9H10N4O2. The topological polar surface area (TPSA) is 96.9 Å². The summed E-state index contributed by atoms with van der Waals surface area (Å²) >= 11 is 0. The maximum atomic E-state index is 11.7. The van der Waals surface area contributed by atoms with E-state index in [0.29, 0.717) is 22.8 Å². The number of aromatic nitrogens is 2. The summed E-state index contributed by atoms with van der Waals surface area (Å²) in [5, 5.41) is 8.86. The molecule has 0 aliphatic carbocycles. The first-order valence-corrected chi connectivity index (χ1v) is 4.33. The highest BCUT2D eigenvalue weighted by Gasteiger charge is 2.13. The van der Waals surface area contributed by atoms with Crippen LogP contribution in [0.5, 0.6) is 0 Å². The first-order valence-electron chi connectivity index (χ1n) is 4.33. The lowest BCUT2D eigenvalue weighted by Crippen LogP contribution is -2.13. The molecule has 0 radical (unpaired) electrons. The Bertz CT molecular complexity index is 486. The van der Waals surface area contributed by atoms with Crippen molar-refractivity contribution in [2.24, 2.45) is 0 Å². The molecule has 1 amide bonds. The van der Waals surface area contributed by atoms with Gasteiger partial charge in [-0.05, 0) is 13.0 Å². The third kappa shape index (κ3) is 1.69. The van der Waals surface area contributed by atoms with Crippen LogP contribution in [0.4, 0.5) is 11.5 Å². The van der Waals surface area contributed by atoms with Crippen molar-refractivity contribution in [2.45, 2.75) is 6.92 Å². The van der Waals surface area contributed by atoms with Gasteiger partial charge in [-0.1, -0.05) is 0 Å². The Kier molecular flexibility index (Phi) is 2.17. The van der Waals surface area contributed by atoms with E-state index in [0.717, 1.165) is 0 Å². The molecule has 0 saturated carbocycles.